The van der Waals surface area contributed by atoms with Crippen molar-refractivity contribution >= 4 is 6.03 Å². The van der Waals surface area contributed by atoms with Gasteiger partial charge in [0.2, 0.25) is 0 Å². The molecule has 3 saturated heterocycles. The summed E-state index contributed by atoms with van der Waals surface area (Å²) in [6, 6.07) is 1.29. The zero-order valence-electron chi connectivity index (χ0n) is 12.3. The Morgan fingerprint density at radius 1 is 0.947 bits per heavy atom. The van der Waals surface area contributed by atoms with Crippen LogP contribution in [0.4, 0.5) is 4.79 Å². The molecule has 2 amide bonds. The predicted molar refractivity (Wildman–Crippen MR) is 76.1 cm³/mol. The van der Waals surface area contributed by atoms with E-state index in [-0.39, 0.29) is 0 Å². The lowest BCUT2D eigenvalue weighted by Gasteiger charge is -2.37. The lowest BCUT2D eigenvalue weighted by atomic mass is 9.99. The van der Waals surface area contributed by atoms with E-state index >= 15 is 0 Å². The molecule has 3 fully saturated rings. The Hall–Kier alpha value is -0.770. The number of carbonyl (C=O) groups is 1. The summed E-state index contributed by atoms with van der Waals surface area (Å²) in [4.78, 5) is 19.5. The van der Waals surface area contributed by atoms with Crippen molar-refractivity contribution in [3.05, 3.63) is 0 Å². The third kappa shape index (κ3) is 2.60. The average Bonchev–Trinajstić information content (AvgIpc) is 2.70. The zero-order chi connectivity index (χ0) is 13.4. The van der Waals surface area contributed by atoms with Crippen LogP contribution >= 0.6 is 0 Å². The largest absolute Gasteiger partial charge is 0.325 e. The fourth-order valence-corrected chi connectivity index (χ4v) is 3.92. The molecule has 0 spiro atoms. The number of urea groups is 1. The summed E-state index contributed by atoms with van der Waals surface area (Å²) in [6.07, 6.45) is 5.92. The molecule has 108 valence electrons. The molecular weight excluding hydrogens is 238 g/mol. The number of fused-ring (bicyclic) bond motifs is 2. The molecule has 4 heteroatoms. The maximum Gasteiger partial charge on any atom is 0.320 e. The van der Waals surface area contributed by atoms with Gasteiger partial charge in [-0.15, -0.1) is 0 Å². The zero-order valence-corrected chi connectivity index (χ0v) is 12.3. The van der Waals surface area contributed by atoms with Crippen molar-refractivity contribution in [3.63, 3.8) is 0 Å². The summed E-state index contributed by atoms with van der Waals surface area (Å²) in [5, 5.41) is 0. The molecular formula is C15H27N3O. The Morgan fingerprint density at radius 2 is 1.63 bits per heavy atom. The van der Waals surface area contributed by atoms with Crippen molar-refractivity contribution in [3.8, 4) is 0 Å². The molecule has 0 unspecified atom stereocenters. The Balaban J connectivity index is 1.69. The molecule has 2 bridgehead atoms. The van der Waals surface area contributed by atoms with Gasteiger partial charge < -0.3 is 14.7 Å². The highest BCUT2D eigenvalue weighted by Crippen LogP contribution is 2.31. The SMILES string of the molecule is CC1CCN(C(=O)N2[C@@H]3CC[C@H]2CN(C)CC3)CC1. The van der Waals surface area contributed by atoms with E-state index in [1.807, 2.05) is 0 Å². The van der Waals surface area contributed by atoms with Gasteiger partial charge in [0.25, 0.3) is 0 Å². The maximum absolute atomic E-state index is 12.8. The van der Waals surface area contributed by atoms with Crippen molar-refractivity contribution in [2.45, 2.75) is 51.1 Å². The van der Waals surface area contributed by atoms with Crippen LogP contribution in [0.3, 0.4) is 0 Å². The first-order chi connectivity index (χ1) is 9.15. The van der Waals surface area contributed by atoms with Crippen molar-refractivity contribution < 1.29 is 4.79 Å². The second-order valence-electron chi connectivity index (χ2n) is 6.80. The van der Waals surface area contributed by atoms with Gasteiger partial charge >= 0.3 is 6.03 Å². The van der Waals surface area contributed by atoms with E-state index in [4.69, 9.17) is 0 Å². The third-order valence-corrected chi connectivity index (χ3v) is 5.26. The highest BCUT2D eigenvalue weighted by Gasteiger charge is 2.41. The maximum atomic E-state index is 12.8. The smallest absolute Gasteiger partial charge is 0.320 e. The van der Waals surface area contributed by atoms with E-state index in [0.29, 0.717) is 18.1 Å². The Kier molecular flexibility index (Phi) is 3.70. The number of amides is 2. The second-order valence-corrected chi connectivity index (χ2v) is 6.80. The standard InChI is InChI=1S/C15H27N3O/c1-12-5-9-17(10-6-12)15(19)18-13-3-4-14(18)11-16(2)8-7-13/h12-14H,3-11H2,1-2H3/t13-,14+/m1/s1. The van der Waals surface area contributed by atoms with Crippen molar-refractivity contribution in [2.24, 2.45) is 5.92 Å². The van der Waals surface area contributed by atoms with E-state index in [2.05, 4.69) is 28.7 Å². The number of carbonyl (C=O) groups excluding carboxylic acids is 1. The summed E-state index contributed by atoms with van der Waals surface area (Å²) in [5.74, 6) is 0.788. The van der Waals surface area contributed by atoms with Crippen LogP contribution in [0.15, 0.2) is 0 Å². The lowest BCUT2D eigenvalue weighted by molar-refractivity contribution is 0.116. The molecule has 0 aromatic carbocycles. The summed E-state index contributed by atoms with van der Waals surface area (Å²) in [5.41, 5.74) is 0. The molecule has 3 heterocycles. The van der Waals surface area contributed by atoms with Crippen LogP contribution in [0.1, 0.15) is 39.0 Å². The predicted octanol–water partition coefficient (Wildman–Crippen LogP) is 2.01. The molecule has 3 aliphatic rings. The second kappa shape index (κ2) is 5.31. The minimum atomic E-state index is 0.328. The first-order valence-corrected chi connectivity index (χ1v) is 7.91. The van der Waals surface area contributed by atoms with Gasteiger partial charge in [-0.25, -0.2) is 4.79 Å². The fraction of sp³-hybridized carbons (Fsp3) is 0.933. The van der Waals surface area contributed by atoms with Crippen molar-refractivity contribution in [2.75, 3.05) is 33.2 Å². The van der Waals surface area contributed by atoms with E-state index < -0.39 is 0 Å². The summed E-state index contributed by atoms with van der Waals surface area (Å²) < 4.78 is 0. The molecule has 3 aliphatic heterocycles. The number of likely N-dealkylation sites (N-methyl/N-ethyl adjacent to an activating group) is 1. The number of hydrogen-bond donors (Lipinski definition) is 0. The molecule has 0 aliphatic carbocycles. The van der Waals surface area contributed by atoms with Crippen LogP contribution in [0.2, 0.25) is 0 Å². The van der Waals surface area contributed by atoms with Gasteiger partial charge in [-0.2, -0.15) is 0 Å². The van der Waals surface area contributed by atoms with Crippen LogP contribution < -0.4 is 0 Å². The third-order valence-electron chi connectivity index (χ3n) is 5.26. The molecule has 4 nitrogen and oxygen atoms in total. The van der Waals surface area contributed by atoms with Crippen LogP contribution in [-0.4, -0.2) is 66.0 Å². The molecule has 0 aromatic rings. The normalized spacial score (nSPS) is 33.6. The number of hydrogen-bond acceptors (Lipinski definition) is 2. The van der Waals surface area contributed by atoms with Crippen LogP contribution in [0.25, 0.3) is 0 Å². The Labute approximate surface area is 116 Å². The summed E-state index contributed by atoms with van der Waals surface area (Å²) in [6.45, 7) is 6.43. The Bertz CT molecular complexity index is 338. The number of rotatable bonds is 0. The van der Waals surface area contributed by atoms with Gasteiger partial charge in [0, 0.05) is 31.7 Å². The van der Waals surface area contributed by atoms with Gasteiger partial charge in [0.05, 0.1) is 0 Å². The van der Waals surface area contributed by atoms with Gasteiger partial charge in [-0.05, 0) is 51.6 Å². The number of likely N-dealkylation sites (tertiary alicyclic amines) is 2. The molecule has 3 rings (SSSR count). The van der Waals surface area contributed by atoms with E-state index in [0.717, 1.165) is 38.5 Å². The highest BCUT2D eigenvalue weighted by molar-refractivity contribution is 5.75. The van der Waals surface area contributed by atoms with Crippen LogP contribution in [-0.2, 0) is 0 Å². The first kappa shape index (κ1) is 13.2. The molecule has 0 N–H and O–H groups in total. The quantitative estimate of drug-likeness (QED) is 0.670. The molecule has 0 aromatic heterocycles. The van der Waals surface area contributed by atoms with Gasteiger partial charge in [0.15, 0.2) is 0 Å². The van der Waals surface area contributed by atoms with Crippen molar-refractivity contribution in [1.29, 1.82) is 0 Å². The van der Waals surface area contributed by atoms with E-state index in [1.54, 1.807) is 0 Å². The van der Waals surface area contributed by atoms with E-state index in [9.17, 15) is 4.79 Å². The highest BCUT2D eigenvalue weighted by atomic mass is 16.2. The average molecular weight is 265 g/mol. The minimum absolute atomic E-state index is 0.328. The number of nitrogens with zero attached hydrogens (tertiary/aromatic N) is 3. The Morgan fingerprint density at radius 3 is 2.37 bits per heavy atom. The fourth-order valence-electron chi connectivity index (χ4n) is 3.92. The number of piperidine rings is 1. The monoisotopic (exact) mass is 265 g/mol. The topological polar surface area (TPSA) is 26.8 Å². The summed E-state index contributed by atoms with van der Waals surface area (Å²) >= 11 is 0. The van der Waals surface area contributed by atoms with E-state index in [1.165, 1.54) is 25.7 Å². The molecule has 2 atom stereocenters. The van der Waals surface area contributed by atoms with Crippen LogP contribution in [0.5, 0.6) is 0 Å². The molecule has 0 saturated carbocycles. The van der Waals surface area contributed by atoms with Gasteiger partial charge in [-0.1, -0.05) is 6.92 Å². The van der Waals surface area contributed by atoms with Gasteiger partial charge in [-0.3, -0.25) is 0 Å². The summed E-state index contributed by atoms with van der Waals surface area (Å²) in [7, 11) is 2.19. The van der Waals surface area contributed by atoms with Crippen molar-refractivity contribution in [1.82, 2.24) is 14.7 Å². The minimum Gasteiger partial charge on any atom is -0.325 e. The van der Waals surface area contributed by atoms with Crippen LogP contribution in [0, 0.1) is 5.92 Å². The lowest BCUT2D eigenvalue weighted by Crippen LogP contribution is -2.51. The molecule has 19 heavy (non-hydrogen) atoms. The molecule has 0 radical (unpaired) electrons. The van der Waals surface area contributed by atoms with Gasteiger partial charge in [0.1, 0.15) is 0 Å². The first-order valence-electron chi connectivity index (χ1n) is 7.91.